The molecule has 162 valence electrons. The van der Waals surface area contributed by atoms with E-state index in [2.05, 4.69) is 24.3 Å². The SMILES string of the molecule is O=C(OCCCCCCCCCO)c1ccc(-c2ccccc2-c2ccccc2)cc1. The normalized spacial score (nSPS) is 10.7. The average molecular weight is 417 g/mol. The number of hydrogen-bond donors (Lipinski definition) is 1. The highest BCUT2D eigenvalue weighted by atomic mass is 16.5. The second-order valence-corrected chi connectivity index (χ2v) is 7.82. The zero-order chi connectivity index (χ0) is 21.7. The van der Waals surface area contributed by atoms with Gasteiger partial charge in [0.2, 0.25) is 0 Å². The molecule has 3 nitrogen and oxygen atoms in total. The number of aliphatic hydroxyl groups is 1. The molecule has 1 N–H and O–H groups in total. The molecule has 0 bridgehead atoms. The van der Waals surface area contributed by atoms with Gasteiger partial charge in [0.25, 0.3) is 0 Å². The molecule has 3 rings (SSSR count). The zero-order valence-electron chi connectivity index (χ0n) is 18.1. The number of esters is 1. The summed E-state index contributed by atoms with van der Waals surface area (Å²) in [5.41, 5.74) is 5.17. The molecule has 0 saturated heterocycles. The average Bonchev–Trinajstić information content (AvgIpc) is 2.83. The predicted octanol–water partition coefficient (Wildman–Crippen LogP) is 6.90. The molecule has 0 radical (unpaired) electrons. The Balaban J connectivity index is 1.50. The summed E-state index contributed by atoms with van der Waals surface area (Å²) in [6.07, 6.45) is 7.46. The first-order valence-corrected chi connectivity index (χ1v) is 11.3. The van der Waals surface area contributed by atoms with Crippen molar-refractivity contribution in [3.63, 3.8) is 0 Å². The van der Waals surface area contributed by atoms with Crippen LogP contribution >= 0.6 is 0 Å². The van der Waals surface area contributed by atoms with Crippen LogP contribution in [-0.2, 0) is 4.74 Å². The van der Waals surface area contributed by atoms with Crippen LogP contribution in [0.2, 0.25) is 0 Å². The minimum Gasteiger partial charge on any atom is -0.462 e. The van der Waals surface area contributed by atoms with E-state index >= 15 is 0 Å². The van der Waals surface area contributed by atoms with E-state index in [9.17, 15) is 4.79 Å². The van der Waals surface area contributed by atoms with Gasteiger partial charge in [-0.3, -0.25) is 0 Å². The fraction of sp³-hybridized carbons (Fsp3) is 0.321. The van der Waals surface area contributed by atoms with Gasteiger partial charge < -0.3 is 9.84 Å². The van der Waals surface area contributed by atoms with E-state index in [0.29, 0.717) is 12.2 Å². The van der Waals surface area contributed by atoms with Crippen molar-refractivity contribution in [2.24, 2.45) is 0 Å². The van der Waals surface area contributed by atoms with Gasteiger partial charge in [0.1, 0.15) is 0 Å². The van der Waals surface area contributed by atoms with E-state index < -0.39 is 0 Å². The minimum absolute atomic E-state index is 0.258. The van der Waals surface area contributed by atoms with Crippen LogP contribution in [0.25, 0.3) is 22.3 Å². The lowest BCUT2D eigenvalue weighted by Gasteiger charge is -2.11. The minimum atomic E-state index is -0.258. The summed E-state index contributed by atoms with van der Waals surface area (Å²) in [6.45, 7) is 0.754. The number of unbranched alkanes of at least 4 members (excludes halogenated alkanes) is 6. The molecule has 0 amide bonds. The maximum Gasteiger partial charge on any atom is 0.338 e. The first-order chi connectivity index (χ1) is 15.3. The molecule has 31 heavy (non-hydrogen) atoms. The van der Waals surface area contributed by atoms with Gasteiger partial charge in [0.15, 0.2) is 0 Å². The Kier molecular flexibility index (Phi) is 9.33. The van der Waals surface area contributed by atoms with E-state index in [-0.39, 0.29) is 12.6 Å². The van der Waals surface area contributed by atoms with Gasteiger partial charge in [-0.2, -0.15) is 0 Å². The molecule has 0 aliphatic carbocycles. The lowest BCUT2D eigenvalue weighted by Crippen LogP contribution is -2.06. The van der Waals surface area contributed by atoms with E-state index in [1.807, 2.05) is 54.6 Å². The molecule has 0 unspecified atom stereocenters. The lowest BCUT2D eigenvalue weighted by molar-refractivity contribution is 0.0497. The number of rotatable bonds is 12. The van der Waals surface area contributed by atoms with Crippen LogP contribution in [-0.4, -0.2) is 24.3 Å². The van der Waals surface area contributed by atoms with Gasteiger partial charge >= 0.3 is 5.97 Å². The lowest BCUT2D eigenvalue weighted by atomic mass is 9.94. The Bertz CT molecular complexity index is 917. The number of carbonyl (C=O) groups is 1. The first-order valence-electron chi connectivity index (χ1n) is 11.3. The molecule has 3 aromatic rings. The van der Waals surface area contributed by atoms with Crippen LogP contribution in [0.15, 0.2) is 78.9 Å². The largest absolute Gasteiger partial charge is 0.462 e. The summed E-state index contributed by atoms with van der Waals surface area (Å²) in [5.74, 6) is -0.258. The third-order valence-corrected chi connectivity index (χ3v) is 5.48. The van der Waals surface area contributed by atoms with Crippen LogP contribution in [0.4, 0.5) is 0 Å². The van der Waals surface area contributed by atoms with Crippen LogP contribution in [0.5, 0.6) is 0 Å². The summed E-state index contributed by atoms with van der Waals surface area (Å²) < 4.78 is 5.44. The molecule has 3 aromatic carbocycles. The van der Waals surface area contributed by atoms with Crippen molar-refractivity contribution in [2.75, 3.05) is 13.2 Å². The summed E-state index contributed by atoms with van der Waals surface area (Å²) in [6, 6.07) is 26.3. The fourth-order valence-electron chi connectivity index (χ4n) is 3.74. The van der Waals surface area contributed by atoms with Crippen LogP contribution < -0.4 is 0 Å². The number of benzene rings is 3. The highest BCUT2D eigenvalue weighted by Gasteiger charge is 2.10. The Morgan fingerprint density at radius 3 is 1.74 bits per heavy atom. The molecule has 0 saturated carbocycles. The van der Waals surface area contributed by atoms with Gasteiger partial charge in [-0.1, -0.05) is 98.8 Å². The van der Waals surface area contributed by atoms with Gasteiger partial charge in [-0.05, 0) is 47.2 Å². The van der Waals surface area contributed by atoms with Crippen LogP contribution in [0.1, 0.15) is 55.3 Å². The summed E-state index contributed by atoms with van der Waals surface area (Å²) in [7, 11) is 0. The quantitative estimate of drug-likeness (QED) is 0.258. The monoisotopic (exact) mass is 416 g/mol. The molecule has 0 aliphatic rings. The second kappa shape index (κ2) is 12.7. The molecule has 3 heteroatoms. The number of aliphatic hydroxyl groups excluding tert-OH is 1. The predicted molar refractivity (Wildman–Crippen MR) is 127 cm³/mol. The Morgan fingerprint density at radius 1 is 0.613 bits per heavy atom. The summed E-state index contributed by atoms with van der Waals surface area (Å²) in [5, 5.41) is 8.77. The molecule has 0 aromatic heterocycles. The van der Waals surface area contributed by atoms with Gasteiger partial charge in [-0.25, -0.2) is 4.79 Å². The Morgan fingerprint density at radius 2 is 1.13 bits per heavy atom. The zero-order valence-corrected chi connectivity index (χ0v) is 18.1. The van der Waals surface area contributed by atoms with Crippen molar-refractivity contribution in [1.29, 1.82) is 0 Å². The molecule has 0 aliphatic heterocycles. The molecule has 0 atom stereocenters. The number of carbonyl (C=O) groups excluding carboxylic acids is 1. The van der Waals surface area contributed by atoms with E-state index in [0.717, 1.165) is 43.2 Å². The van der Waals surface area contributed by atoms with Crippen molar-refractivity contribution < 1.29 is 14.6 Å². The van der Waals surface area contributed by atoms with Gasteiger partial charge in [-0.15, -0.1) is 0 Å². The first kappa shape index (κ1) is 22.8. The van der Waals surface area contributed by atoms with E-state index in [1.165, 1.54) is 24.0 Å². The third kappa shape index (κ3) is 7.08. The van der Waals surface area contributed by atoms with Crippen LogP contribution in [0.3, 0.4) is 0 Å². The Labute approximate surface area is 185 Å². The highest BCUT2D eigenvalue weighted by molar-refractivity contribution is 5.91. The van der Waals surface area contributed by atoms with Crippen molar-refractivity contribution in [3.05, 3.63) is 84.4 Å². The maximum atomic E-state index is 12.3. The second-order valence-electron chi connectivity index (χ2n) is 7.82. The number of ether oxygens (including phenoxy) is 1. The van der Waals surface area contributed by atoms with Crippen molar-refractivity contribution in [3.8, 4) is 22.3 Å². The molecular weight excluding hydrogens is 384 g/mol. The maximum absolute atomic E-state index is 12.3. The van der Waals surface area contributed by atoms with Gasteiger partial charge in [0, 0.05) is 6.61 Å². The molecular formula is C28H32O3. The van der Waals surface area contributed by atoms with Crippen molar-refractivity contribution in [2.45, 2.75) is 44.9 Å². The molecule has 0 spiro atoms. The summed E-state index contributed by atoms with van der Waals surface area (Å²) >= 11 is 0. The van der Waals surface area contributed by atoms with Gasteiger partial charge in [0.05, 0.1) is 12.2 Å². The smallest absolute Gasteiger partial charge is 0.338 e. The highest BCUT2D eigenvalue weighted by Crippen LogP contribution is 2.32. The van der Waals surface area contributed by atoms with Crippen molar-refractivity contribution in [1.82, 2.24) is 0 Å². The summed E-state index contributed by atoms with van der Waals surface area (Å²) in [4.78, 5) is 12.3. The third-order valence-electron chi connectivity index (χ3n) is 5.48. The molecule has 0 fully saturated rings. The molecule has 0 heterocycles. The number of hydrogen-bond acceptors (Lipinski definition) is 3. The van der Waals surface area contributed by atoms with E-state index in [1.54, 1.807) is 0 Å². The standard InChI is InChI=1S/C28H32O3/c29-21-11-4-2-1-3-5-12-22-31-28(30)25-19-17-24(18-20-25)27-16-10-9-15-26(27)23-13-7-6-8-14-23/h6-10,13-20,29H,1-5,11-12,21-22H2. The van der Waals surface area contributed by atoms with E-state index in [4.69, 9.17) is 9.84 Å². The van der Waals surface area contributed by atoms with Crippen LogP contribution in [0, 0.1) is 0 Å². The fourth-order valence-corrected chi connectivity index (χ4v) is 3.74. The van der Waals surface area contributed by atoms with Crippen molar-refractivity contribution >= 4 is 5.97 Å². The topological polar surface area (TPSA) is 46.5 Å². The Hall–Kier alpha value is -2.91.